The van der Waals surface area contributed by atoms with E-state index in [0.717, 1.165) is 8.95 Å². The topological polar surface area (TPSA) is 45.1 Å². The fraction of sp³-hybridized carbons (Fsp3) is 0.545. The van der Waals surface area contributed by atoms with E-state index in [0.29, 0.717) is 12.2 Å². The van der Waals surface area contributed by atoms with E-state index in [1.165, 1.54) is 0 Å². The van der Waals surface area contributed by atoms with Crippen molar-refractivity contribution < 1.29 is 5.11 Å². The van der Waals surface area contributed by atoms with Gasteiger partial charge in [-0.3, -0.25) is 4.98 Å². The molecule has 1 aromatic rings. The molecular formula is C11H16Br2N2O. The van der Waals surface area contributed by atoms with Gasteiger partial charge in [-0.2, -0.15) is 0 Å². The molecule has 1 heterocycles. The van der Waals surface area contributed by atoms with Gasteiger partial charge in [0.05, 0.1) is 5.69 Å². The quantitative estimate of drug-likeness (QED) is 0.879. The summed E-state index contributed by atoms with van der Waals surface area (Å²) in [5.41, 5.74) is 0.642. The molecule has 1 unspecified atom stereocenters. The highest BCUT2D eigenvalue weighted by Crippen LogP contribution is 2.24. The molecule has 5 heteroatoms. The van der Waals surface area contributed by atoms with Crippen LogP contribution in [0, 0.1) is 0 Å². The third kappa shape index (κ3) is 4.49. The Bertz CT molecular complexity index is 363. The van der Waals surface area contributed by atoms with Crippen molar-refractivity contribution in [3.63, 3.8) is 0 Å². The molecule has 2 N–H and O–H groups in total. The molecule has 1 aromatic heterocycles. The van der Waals surface area contributed by atoms with E-state index in [9.17, 15) is 5.11 Å². The van der Waals surface area contributed by atoms with Gasteiger partial charge >= 0.3 is 0 Å². The fourth-order valence-electron chi connectivity index (χ4n) is 1.17. The molecule has 0 saturated heterocycles. The summed E-state index contributed by atoms with van der Waals surface area (Å²) < 4.78 is 1.70. The van der Waals surface area contributed by atoms with Crippen molar-refractivity contribution in [2.75, 3.05) is 6.54 Å². The minimum absolute atomic E-state index is 0.0111. The van der Waals surface area contributed by atoms with E-state index < -0.39 is 6.10 Å². The Morgan fingerprint density at radius 3 is 2.56 bits per heavy atom. The van der Waals surface area contributed by atoms with E-state index in [1.807, 2.05) is 6.07 Å². The second-order valence-electron chi connectivity index (χ2n) is 4.67. The van der Waals surface area contributed by atoms with Gasteiger partial charge in [-0.15, -0.1) is 0 Å². The molecule has 0 aliphatic carbocycles. The van der Waals surface area contributed by atoms with Gasteiger partial charge in [-0.05, 0) is 58.7 Å². The monoisotopic (exact) mass is 350 g/mol. The summed E-state index contributed by atoms with van der Waals surface area (Å²) in [4.78, 5) is 4.19. The van der Waals surface area contributed by atoms with Gasteiger partial charge in [0.1, 0.15) is 6.10 Å². The van der Waals surface area contributed by atoms with Crippen LogP contribution in [-0.4, -0.2) is 22.2 Å². The van der Waals surface area contributed by atoms with Crippen LogP contribution in [0.25, 0.3) is 0 Å². The minimum Gasteiger partial charge on any atom is -0.385 e. The molecule has 0 amide bonds. The number of β-amino-alcohol motifs (C(OH)–C–C–N with tert-alkyl or cyclic N) is 1. The highest BCUT2D eigenvalue weighted by molar-refractivity contribution is 9.11. The Hall–Kier alpha value is 0.0300. The van der Waals surface area contributed by atoms with E-state index in [1.54, 1.807) is 6.20 Å². The van der Waals surface area contributed by atoms with Gasteiger partial charge in [-0.1, -0.05) is 0 Å². The highest BCUT2D eigenvalue weighted by Gasteiger charge is 2.16. The summed E-state index contributed by atoms with van der Waals surface area (Å²) in [5.74, 6) is 0. The number of pyridine rings is 1. The first-order chi connectivity index (χ1) is 7.29. The summed E-state index contributed by atoms with van der Waals surface area (Å²) in [5, 5.41) is 13.2. The summed E-state index contributed by atoms with van der Waals surface area (Å²) >= 11 is 6.71. The molecule has 0 aromatic carbocycles. The number of aliphatic hydroxyl groups excluding tert-OH is 1. The molecular weight excluding hydrogens is 336 g/mol. The van der Waals surface area contributed by atoms with E-state index >= 15 is 0 Å². The number of hydrogen-bond donors (Lipinski definition) is 2. The van der Waals surface area contributed by atoms with Crippen molar-refractivity contribution in [3.8, 4) is 0 Å². The summed E-state index contributed by atoms with van der Waals surface area (Å²) in [6.07, 6.45) is 1.07. The lowest BCUT2D eigenvalue weighted by molar-refractivity contribution is 0.158. The minimum atomic E-state index is -0.610. The number of aliphatic hydroxyl groups is 1. The standard InChI is InChI=1S/C11H16Br2N2O/c1-11(2,3)15-6-9(16)10-8(13)4-7(12)5-14-10/h4-5,9,15-16H,6H2,1-3H3. The van der Waals surface area contributed by atoms with Crippen LogP contribution >= 0.6 is 31.9 Å². The lowest BCUT2D eigenvalue weighted by Gasteiger charge is -2.23. The lowest BCUT2D eigenvalue weighted by atomic mass is 10.1. The molecule has 0 fully saturated rings. The summed E-state index contributed by atoms with van der Waals surface area (Å²) in [6.45, 7) is 6.66. The van der Waals surface area contributed by atoms with Crippen LogP contribution in [0.5, 0.6) is 0 Å². The average Bonchev–Trinajstić information content (AvgIpc) is 2.13. The van der Waals surface area contributed by atoms with Crippen molar-refractivity contribution in [2.24, 2.45) is 0 Å². The van der Waals surface area contributed by atoms with E-state index in [-0.39, 0.29) is 5.54 Å². The number of nitrogens with zero attached hydrogens (tertiary/aromatic N) is 1. The molecule has 0 saturated carbocycles. The van der Waals surface area contributed by atoms with Gasteiger partial charge in [-0.25, -0.2) is 0 Å². The van der Waals surface area contributed by atoms with Crippen molar-refractivity contribution in [1.82, 2.24) is 10.3 Å². The van der Waals surface area contributed by atoms with Crippen LogP contribution in [0.1, 0.15) is 32.6 Å². The van der Waals surface area contributed by atoms with E-state index in [4.69, 9.17) is 0 Å². The first-order valence-corrected chi connectivity index (χ1v) is 6.62. The van der Waals surface area contributed by atoms with Gasteiger partial charge in [0.25, 0.3) is 0 Å². The molecule has 90 valence electrons. The number of aromatic nitrogens is 1. The number of nitrogens with one attached hydrogen (secondary N) is 1. The molecule has 3 nitrogen and oxygen atoms in total. The van der Waals surface area contributed by atoms with E-state index in [2.05, 4.69) is 62.9 Å². The Kier molecular flexibility index (Phi) is 4.91. The predicted molar refractivity (Wildman–Crippen MR) is 72.4 cm³/mol. The van der Waals surface area contributed by atoms with Crippen molar-refractivity contribution in [1.29, 1.82) is 0 Å². The normalized spacial score (nSPS) is 13.9. The SMILES string of the molecule is CC(C)(C)NCC(O)c1ncc(Br)cc1Br. The second kappa shape index (κ2) is 5.58. The summed E-state index contributed by atoms with van der Waals surface area (Å²) in [6, 6.07) is 1.88. The highest BCUT2D eigenvalue weighted by atomic mass is 79.9. The predicted octanol–water partition coefficient (Wildman–Crippen LogP) is 3.03. The van der Waals surface area contributed by atoms with Crippen LogP contribution in [0.15, 0.2) is 21.2 Å². The maximum atomic E-state index is 9.99. The number of hydrogen-bond acceptors (Lipinski definition) is 3. The van der Waals surface area contributed by atoms with Crippen molar-refractivity contribution in [2.45, 2.75) is 32.4 Å². The van der Waals surface area contributed by atoms with Gasteiger partial charge in [0.15, 0.2) is 0 Å². The molecule has 0 bridgehead atoms. The zero-order valence-corrected chi connectivity index (χ0v) is 12.8. The van der Waals surface area contributed by atoms with Gasteiger partial charge in [0, 0.05) is 27.2 Å². The molecule has 0 aliphatic heterocycles. The molecule has 1 rings (SSSR count). The Morgan fingerprint density at radius 2 is 2.06 bits per heavy atom. The lowest BCUT2D eigenvalue weighted by Crippen LogP contribution is -2.38. The first kappa shape index (κ1) is 14.1. The van der Waals surface area contributed by atoms with Gasteiger partial charge < -0.3 is 10.4 Å². The molecule has 0 aliphatic rings. The Morgan fingerprint density at radius 1 is 1.44 bits per heavy atom. The maximum Gasteiger partial charge on any atom is 0.109 e. The maximum absolute atomic E-state index is 9.99. The third-order valence-corrected chi connectivity index (χ3v) is 3.05. The Labute approximate surface area is 113 Å². The first-order valence-electron chi connectivity index (χ1n) is 5.03. The van der Waals surface area contributed by atoms with Crippen LogP contribution in [0.2, 0.25) is 0 Å². The zero-order valence-electron chi connectivity index (χ0n) is 9.59. The van der Waals surface area contributed by atoms with Gasteiger partial charge in [0.2, 0.25) is 0 Å². The largest absolute Gasteiger partial charge is 0.385 e. The molecule has 0 radical (unpaired) electrons. The molecule has 16 heavy (non-hydrogen) atoms. The van der Waals surface area contributed by atoms with Crippen LogP contribution in [-0.2, 0) is 0 Å². The average molecular weight is 352 g/mol. The molecule has 0 spiro atoms. The Balaban J connectivity index is 2.70. The second-order valence-corrected chi connectivity index (χ2v) is 6.44. The number of halogens is 2. The zero-order chi connectivity index (χ0) is 12.3. The summed E-state index contributed by atoms with van der Waals surface area (Å²) in [7, 11) is 0. The van der Waals surface area contributed by atoms with Crippen LogP contribution in [0.3, 0.4) is 0 Å². The molecule has 1 atom stereocenters. The third-order valence-electron chi connectivity index (χ3n) is 1.98. The number of rotatable bonds is 3. The fourth-order valence-corrected chi connectivity index (χ4v) is 2.42. The van der Waals surface area contributed by atoms with Crippen LogP contribution in [0.4, 0.5) is 0 Å². The smallest absolute Gasteiger partial charge is 0.109 e. The van der Waals surface area contributed by atoms with Crippen molar-refractivity contribution in [3.05, 3.63) is 26.9 Å². The van der Waals surface area contributed by atoms with Crippen LogP contribution < -0.4 is 5.32 Å². The van der Waals surface area contributed by atoms with Crippen molar-refractivity contribution >= 4 is 31.9 Å².